The number of hydrogen-bond donors (Lipinski definition) is 2. The van der Waals surface area contributed by atoms with Crippen LogP contribution in [0.3, 0.4) is 0 Å². The second kappa shape index (κ2) is 5.30. The molecule has 1 aliphatic heterocycles. The molecule has 0 saturated carbocycles. The molecule has 1 atom stereocenters. The van der Waals surface area contributed by atoms with E-state index >= 15 is 0 Å². The molecular weight excluding hydrogens is 248 g/mol. The Morgan fingerprint density at radius 3 is 2.74 bits per heavy atom. The first-order valence-electron chi connectivity index (χ1n) is 6.25. The SMILES string of the molecule is C[C@H]1CCCC(=O)c2c(O)cc(O)cc2CC(=O)O1. The molecule has 1 heterocycles. The molecule has 0 spiro atoms. The number of aromatic hydroxyl groups is 2. The molecule has 5 nitrogen and oxygen atoms in total. The number of rotatable bonds is 0. The summed E-state index contributed by atoms with van der Waals surface area (Å²) in [7, 11) is 0. The number of hydrogen-bond acceptors (Lipinski definition) is 5. The summed E-state index contributed by atoms with van der Waals surface area (Å²) in [6.07, 6.45) is 1.13. The number of Topliss-reactive ketones (excluding diaryl/α,β-unsaturated/α-hetero) is 1. The van der Waals surface area contributed by atoms with E-state index in [0.717, 1.165) is 6.07 Å². The van der Waals surface area contributed by atoms with Crippen LogP contribution in [0.15, 0.2) is 12.1 Å². The van der Waals surface area contributed by atoms with Gasteiger partial charge in [0.2, 0.25) is 0 Å². The van der Waals surface area contributed by atoms with Crippen LogP contribution in [0.5, 0.6) is 11.5 Å². The molecule has 2 N–H and O–H groups in total. The Labute approximate surface area is 110 Å². The zero-order valence-corrected chi connectivity index (χ0v) is 10.7. The molecule has 2 rings (SSSR count). The molecule has 1 aromatic rings. The van der Waals surface area contributed by atoms with Crippen molar-refractivity contribution in [3.8, 4) is 11.5 Å². The third-order valence-corrected chi connectivity index (χ3v) is 3.14. The van der Waals surface area contributed by atoms with Crippen molar-refractivity contribution in [2.24, 2.45) is 0 Å². The molecule has 1 aliphatic rings. The van der Waals surface area contributed by atoms with Gasteiger partial charge in [-0.25, -0.2) is 0 Å². The van der Waals surface area contributed by atoms with Gasteiger partial charge in [0.25, 0.3) is 0 Å². The molecule has 0 unspecified atom stereocenters. The molecule has 0 aliphatic carbocycles. The maximum absolute atomic E-state index is 12.1. The molecular formula is C14H16O5. The van der Waals surface area contributed by atoms with E-state index in [4.69, 9.17) is 4.74 Å². The highest BCUT2D eigenvalue weighted by Gasteiger charge is 2.22. The average Bonchev–Trinajstić information content (AvgIpc) is 2.26. The van der Waals surface area contributed by atoms with Crippen molar-refractivity contribution in [3.63, 3.8) is 0 Å². The minimum absolute atomic E-state index is 0.115. The number of esters is 1. The van der Waals surface area contributed by atoms with Gasteiger partial charge in [-0.3, -0.25) is 9.59 Å². The molecule has 0 fully saturated rings. The highest BCUT2D eigenvalue weighted by molar-refractivity contribution is 6.01. The second-order valence-electron chi connectivity index (χ2n) is 4.79. The molecule has 0 saturated heterocycles. The monoisotopic (exact) mass is 264 g/mol. The number of ketones is 1. The van der Waals surface area contributed by atoms with E-state index in [2.05, 4.69) is 0 Å². The Bertz CT molecular complexity index is 521. The number of carbonyl (C=O) groups excluding carboxylic acids is 2. The first-order chi connectivity index (χ1) is 8.97. The van der Waals surface area contributed by atoms with Crippen LogP contribution in [-0.4, -0.2) is 28.1 Å². The predicted octanol–water partition coefficient (Wildman–Crippen LogP) is 1.94. The summed E-state index contributed by atoms with van der Waals surface area (Å²) < 4.78 is 5.19. The van der Waals surface area contributed by atoms with Crippen molar-refractivity contribution in [1.82, 2.24) is 0 Å². The third-order valence-electron chi connectivity index (χ3n) is 3.14. The summed E-state index contributed by atoms with van der Waals surface area (Å²) in [5, 5.41) is 19.3. The topological polar surface area (TPSA) is 83.8 Å². The lowest BCUT2D eigenvalue weighted by Gasteiger charge is -2.17. The predicted molar refractivity (Wildman–Crippen MR) is 67.2 cm³/mol. The Hall–Kier alpha value is -2.04. The van der Waals surface area contributed by atoms with Crippen molar-refractivity contribution in [3.05, 3.63) is 23.3 Å². The van der Waals surface area contributed by atoms with Crippen LogP contribution in [0.25, 0.3) is 0 Å². The van der Waals surface area contributed by atoms with Crippen LogP contribution in [-0.2, 0) is 16.0 Å². The van der Waals surface area contributed by atoms with Gasteiger partial charge in [-0.2, -0.15) is 0 Å². The smallest absolute Gasteiger partial charge is 0.310 e. The Morgan fingerprint density at radius 1 is 1.26 bits per heavy atom. The lowest BCUT2D eigenvalue weighted by atomic mass is 9.95. The first kappa shape index (κ1) is 13.4. The molecule has 0 bridgehead atoms. The van der Waals surface area contributed by atoms with E-state index in [1.165, 1.54) is 6.07 Å². The zero-order valence-electron chi connectivity index (χ0n) is 10.7. The Kier molecular flexibility index (Phi) is 3.74. The maximum Gasteiger partial charge on any atom is 0.310 e. The van der Waals surface area contributed by atoms with Gasteiger partial charge in [0, 0.05) is 12.5 Å². The Balaban J connectivity index is 2.44. The zero-order chi connectivity index (χ0) is 14.0. The summed E-state index contributed by atoms with van der Waals surface area (Å²) in [5.74, 6) is -1.15. The molecule has 19 heavy (non-hydrogen) atoms. The van der Waals surface area contributed by atoms with Gasteiger partial charge in [-0.05, 0) is 31.4 Å². The molecule has 0 amide bonds. The van der Waals surface area contributed by atoms with Crippen molar-refractivity contribution >= 4 is 11.8 Å². The minimum Gasteiger partial charge on any atom is -0.508 e. The second-order valence-corrected chi connectivity index (χ2v) is 4.79. The van der Waals surface area contributed by atoms with Crippen molar-refractivity contribution in [2.75, 3.05) is 0 Å². The van der Waals surface area contributed by atoms with Crippen molar-refractivity contribution < 1.29 is 24.5 Å². The number of phenolic OH excluding ortho intramolecular Hbond substituents is 2. The lowest BCUT2D eigenvalue weighted by molar-refractivity contribution is -0.147. The number of cyclic esters (lactones) is 1. The van der Waals surface area contributed by atoms with Gasteiger partial charge < -0.3 is 14.9 Å². The van der Waals surface area contributed by atoms with E-state index in [0.29, 0.717) is 18.4 Å². The highest BCUT2D eigenvalue weighted by Crippen LogP contribution is 2.30. The summed E-state index contributed by atoms with van der Waals surface area (Å²) in [4.78, 5) is 23.8. The molecule has 0 aromatic heterocycles. The van der Waals surface area contributed by atoms with E-state index in [1.807, 2.05) is 0 Å². The van der Waals surface area contributed by atoms with E-state index in [1.54, 1.807) is 6.92 Å². The Morgan fingerprint density at radius 2 is 2.00 bits per heavy atom. The lowest BCUT2D eigenvalue weighted by Crippen LogP contribution is -2.20. The van der Waals surface area contributed by atoms with Crippen LogP contribution in [0, 0.1) is 0 Å². The number of phenols is 2. The molecule has 1 aromatic carbocycles. The largest absolute Gasteiger partial charge is 0.508 e. The van der Waals surface area contributed by atoms with Gasteiger partial charge in [-0.1, -0.05) is 0 Å². The van der Waals surface area contributed by atoms with Crippen LogP contribution in [0.1, 0.15) is 42.1 Å². The van der Waals surface area contributed by atoms with Crippen LogP contribution in [0.2, 0.25) is 0 Å². The first-order valence-corrected chi connectivity index (χ1v) is 6.25. The van der Waals surface area contributed by atoms with Crippen LogP contribution < -0.4 is 0 Å². The van der Waals surface area contributed by atoms with Crippen molar-refractivity contribution in [2.45, 2.75) is 38.7 Å². The fourth-order valence-corrected chi connectivity index (χ4v) is 2.29. The summed E-state index contributed by atoms with van der Waals surface area (Å²) in [6.45, 7) is 1.78. The quantitative estimate of drug-likeness (QED) is 0.699. The normalized spacial score (nSPS) is 20.6. The van der Waals surface area contributed by atoms with E-state index in [9.17, 15) is 19.8 Å². The van der Waals surface area contributed by atoms with Gasteiger partial charge in [0.05, 0.1) is 18.1 Å². The van der Waals surface area contributed by atoms with E-state index < -0.39 is 5.97 Å². The third kappa shape index (κ3) is 3.05. The molecule has 102 valence electrons. The van der Waals surface area contributed by atoms with E-state index in [-0.39, 0.29) is 41.8 Å². The van der Waals surface area contributed by atoms with Crippen LogP contribution >= 0.6 is 0 Å². The fourth-order valence-electron chi connectivity index (χ4n) is 2.29. The van der Waals surface area contributed by atoms with Crippen LogP contribution in [0.4, 0.5) is 0 Å². The number of benzene rings is 1. The average molecular weight is 264 g/mol. The maximum atomic E-state index is 12.1. The van der Waals surface area contributed by atoms with Gasteiger partial charge in [-0.15, -0.1) is 0 Å². The summed E-state index contributed by atoms with van der Waals surface area (Å²) in [5.41, 5.74) is 0.422. The van der Waals surface area contributed by atoms with Gasteiger partial charge in [0.1, 0.15) is 11.5 Å². The van der Waals surface area contributed by atoms with Gasteiger partial charge in [0.15, 0.2) is 5.78 Å². The number of ether oxygens (including phenoxy) is 1. The molecule has 0 radical (unpaired) electrons. The summed E-state index contributed by atoms with van der Waals surface area (Å²) >= 11 is 0. The fraction of sp³-hybridized carbons (Fsp3) is 0.429. The molecule has 5 heteroatoms. The van der Waals surface area contributed by atoms with Crippen molar-refractivity contribution in [1.29, 1.82) is 0 Å². The highest BCUT2D eigenvalue weighted by atomic mass is 16.5. The number of carbonyl (C=O) groups is 2. The number of fused-ring (bicyclic) bond motifs is 1. The standard InChI is InChI=1S/C14H16O5/c1-8-3-2-4-11(16)14-9(6-13(18)19-8)5-10(15)7-12(14)17/h5,7-8,15,17H,2-4,6H2,1H3/t8-/m0/s1. The minimum atomic E-state index is -0.464. The van der Waals surface area contributed by atoms with Gasteiger partial charge >= 0.3 is 5.97 Å². The summed E-state index contributed by atoms with van der Waals surface area (Å²) in [6, 6.07) is 2.43.